The summed E-state index contributed by atoms with van der Waals surface area (Å²) in [5.74, 6) is -0.108. The molecule has 0 spiro atoms. The lowest BCUT2D eigenvalue weighted by Crippen LogP contribution is -2.13. The summed E-state index contributed by atoms with van der Waals surface area (Å²) in [6.45, 7) is 0. The molecule has 20 heavy (non-hydrogen) atoms. The summed E-state index contributed by atoms with van der Waals surface area (Å²) in [7, 11) is 0. The first kappa shape index (κ1) is 13.3. The van der Waals surface area contributed by atoms with Gasteiger partial charge in [-0.05, 0) is 46.9 Å². The fraction of sp³-hybridized carbons (Fsp3) is 0. The van der Waals surface area contributed by atoms with Crippen molar-refractivity contribution in [2.24, 2.45) is 0 Å². The monoisotopic (exact) mass is 395 g/mol. The van der Waals surface area contributed by atoms with Gasteiger partial charge in [0.15, 0.2) is 0 Å². The summed E-state index contributed by atoms with van der Waals surface area (Å²) in [6.07, 6.45) is 3.55. The van der Waals surface area contributed by atoms with Crippen molar-refractivity contribution >= 4 is 45.5 Å². The molecule has 3 rings (SSSR count). The van der Waals surface area contributed by atoms with Crippen LogP contribution in [0.4, 0.5) is 5.69 Å². The van der Waals surface area contributed by atoms with Crippen molar-refractivity contribution in [3.05, 3.63) is 62.6 Å². The number of hydrogen-bond donors (Lipinski definition) is 1. The summed E-state index contributed by atoms with van der Waals surface area (Å²) in [4.78, 5) is 12.2. The molecule has 0 aliphatic heterocycles. The zero-order chi connectivity index (χ0) is 13.9. The second-order valence-electron chi connectivity index (χ2n) is 4.06. The summed E-state index contributed by atoms with van der Waals surface area (Å²) < 4.78 is 2.82. The lowest BCUT2D eigenvalue weighted by Gasteiger charge is -2.10. The van der Waals surface area contributed by atoms with Gasteiger partial charge in [0.25, 0.3) is 5.91 Å². The standard InChI is InChI=1S/C14H10IN3OS/c15-13-8-10(9-20-13)14(19)17-11-4-1-2-5-12(11)18-7-3-6-16-18/h1-9H,(H,17,19). The number of hydrogen-bond acceptors (Lipinski definition) is 3. The molecule has 0 aliphatic carbocycles. The third-order valence-electron chi connectivity index (χ3n) is 2.73. The van der Waals surface area contributed by atoms with Crippen LogP contribution < -0.4 is 5.32 Å². The number of rotatable bonds is 3. The summed E-state index contributed by atoms with van der Waals surface area (Å²) >= 11 is 3.76. The number of amides is 1. The number of benzene rings is 1. The number of aromatic nitrogens is 2. The fourth-order valence-corrected chi connectivity index (χ4v) is 3.14. The highest BCUT2D eigenvalue weighted by Crippen LogP contribution is 2.22. The number of anilines is 1. The molecule has 0 aliphatic rings. The van der Waals surface area contributed by atoms with Gasteiger partial charge in [-0.25, -0.2) is 4.68 Å². The second kappa shape index (κ2) is 5.76. The fourth-order valence-electron chi connectivity index (χ4n) is 1.81. The number of nitrogens with one attached hydrogen (secondary N) is 1. The minimum absolute atomic E-state index is 0.108. The minimum Gasteiger partial charge on any atom is -0.320 e. The SMILES string of the molecule is O=C(Nc1ccccc1-n1cccn1)c1csc(I)c1. The van der Waals surface area contributed by atoms with Gasteiger partial charge in [-0.2, -0.15) is 5.10 Å². The predicted octanol–water partition coefficient (Wildman–Crippen LogP) is 3.79. The summed E-state index contributed by atoms with van der Waals surface area (Å²) in [5, 5.41) is 8.98. The molecule has 1 N–H and O–H groups in total. The molecular formula is C14H10IN3OS. The van der Waals surface area contributed by atoms with Gasteiger partial charge in [0.2, 0.25) is 0 Å². The van der Waals surface area contributed by atoms with E-state index in [9.17, 15) is 4.79 Å². The number of nitrogens with zero attached hydrogens (tertiary/aromatic N) is 2. The number of carbonyl (C=O) groups is 1. The Morgan fingerprint density at radius 1 is 1.30 bits per heavy atom. The molecule has 100 valence electrons. The number of halogens is 1. The van der Waals surface area contributed by atoms with Gasteiger partial charge in [-0.3, -0.25) is 4.79 Å². The van der Waals surface area contributed by atoms with Gasteiger partial charge in [0.1, 0.15) is 0 Å². The molecule has 1 aromatic carbocycles. The van der Waals surface area contributed by atoms with Gasteiger partial charge in [-0.15, -0.1) is 11.3 Å². The number of para-hydroxylation sites is 2. The lowest BCUT2D eigenvalue weighted by molar-refractivity contribution is 0.102. The zero-order valence-corrected chi connectivity index (χ0v) is 13.3. The predicted molar refractivity (Wildman–Crippen MR) is 88.6 cm³/mol. The smallest absolute Gasteiger partial charge is 0.256 e. The average molecular weight is 395 g/mol. The van der Waals surface area contributed by atoms with E-state index in [1.54, 1.807) is 22.2 Å². The molecule has 0 unspecified atom stereocenters. The largest absolute Gasteiger partial charge is 0.320 e. The summed E-state index contributed by atoms with van der Waals surface area (Å²) in [6, 6.07) is 11.3. The van der Waals surface area contributed by atoms with Gasteiger partial charge >= 0.3 is 0 Å². The van der Waals surface area contributed by atoms with Crippen LogP contribution in [0.2, 0.25) is 0 Å². The Balaban J connectivity index is 1.90. The minimum atomic E-state index is -0.108. The molecular weight excluding hydrogens is 385 g/mol. The van der Waals surface area contributed by atoms with Crippen LogP contribution in [0, 0.1) is 2.88 Å². The van der Waals surface area contributed by atoms with E-state index in [0.717, 1.165) is 14.3 Å². The highest BCUT2D eigenvalue weighted by molar-refractivity contribution is 14.1. The second-order valence-corrected chi connectivity index (χ2v) is 6.87. The molecule has 0 saturated heterocycles. The van der Waals surface area contributed by atoms with Crippen LogP contribution in [-0.2, 0) is 0 Å². The van der Waals surface area contributed by atoms with E-state index in [2.05, 4.69) is 33.0 Å². The Hall–Kier alpha value is -1.67. The number of thiophene rings is 1. The first-order valence-electron chi connectivity index (χ1n) is 5.88. The first-order chi connectivity index (χ1) is 9.74. The highest BCUT2D eigenvalue weighted by Gasteiger charge is 2.11. The molecule has 1 amide bonds. The molecule has 0 atom stereocenters. The lowest BCUT2D eigenvalue weighted by atomic mass is 10.2. The van der Waals surface area contributed by atoms with E-state index in [-0.39, 0.29) is 5.91 Å². The molecule has 4 nitrogen and oxygen atoms in total. The van der Waals surface area contributed by atoms with Crippen molar-refractivity contribution in [3.8, 4) is 5.69 Å². The van der Waals surface area contributed by atoms with Crippen molar-refractivity contribution in [3.63, 3.8) is 0 Å². The van der Waals surface area contributed by atoms with Crippen LogP contribution >= 0.6 is 33.9 Å². The van der Waals surface area contributed by atoms with E-state index in [1.807, 2.05) is 48.0 Å². The zero-order valence-electron chi connectivity index (χ0n) is 10.3. The van der Waals surface area contributed by atoms with E-state index < -0.39 is 0 Å². The maximum atomic E-state index is 12.2. The van der Waals surface area contributed by atoms with E-state index in [1.165, 1.54) is 0 Å². The first-order valence-corrected chi connectivity index (χ1v) is 7.84. The highest BCUT2D eigenvalue weighted by atomic mass is 127. The third-order valence-corrected chi connectivity index (χ3v) is 4.52. The van der Waals surface area contributed by atoms with E-state index in [4.69, 9.17) is 0 Å². The maximum Gasteiger partial charge on any atom is 0.256 e. The molecule has 3 aromatic rings. The Morgan fingerprint density at radius 3 is 2.85 bits per heavy atom. The van der Waals surface area contributed by atoms with E-state index >= 15 is 0 Å². The Bertz CT molecular complexity index is 736. The average Bonchev–Trinajstić information content (AvgIpc) is 3.10. The number of carbonyl (C=O) groups excluding carboxylic acids is 1. The van der Waals surface area contributed by atoms with Crippen molar-refractivity contribution in [2.75, 3.05) is 5.32 Å². The Labute approximate surface area is 133 Å². The third kappa shape index (κ3) is 2.75. The normalized spacial score (nSPS) is 10.4. The van der Waals surface area contributed by atoms with E-state index in [0.29, 0.717) is 5.56 Å². The molecule has 0 radical (unpaired) electrons. The molecule has 2 aromatic heterocycles. The van der Waals surface area contributed by atoms with Crippen LogP contribution in [0.15, 0.2) is 54.2 Å². The molecule has 2 heterocycles. The van der Waals surface area contributed by atoms with Gasteiger partial charge < -0.3 is 5.32 Å². The topological polar surface area (TPSA) is 46.9 Å². The van der Waals surface area contributed by atoms with Gasteiger partial charge in [-0.1, -0.05) is 12.1 Å². The van der Waals surface area contributed by atoms with Crippen molar-refractivity contribution in [2.45, 2.75) is 0 Å². The Kier molecular flexibility index (Phi) is 3.83. The quantitative estimate of drug-likeness (QED) is 0.686. The summed E-state index contributed by atoms with van der Waals surface area (Å²) in [5.41, 5.74) is 2.26. The maximum absolute atomic E-state index is 12.2. The van der Waals surface area contributed by atoms with Crippen molar-refractivity contribution in [1.82, 2.24) is 9.78 Å². The van der Waals surface area contributed by atoms with Crippen molar-refractivity contribution < 1.29 is 4.79 Å². The molecule has 0 saturated carbocycles. The van der Waals surface area contributed by atoms with Crippen LogP contribution in [-0.4, -0.2) is 15.7 Å². The van der Waals surface area contributed by atoms with Crippen LogP contribution in [0.25, 0.3) is 5.69 Å². The van der Waals surface area contributed by atoms with Crippen LogP contribution in [0.5, 0.6) is 0 Å². The molecule has 0 bridgehead atoms. The van der Waals surface area contributed by atoms with Crippen LogP contribution in [0.1, 0.15) is 10.4 Å². The van der Waals surface area contributed by atoms with Crippen LogP contribution in [0.3, 0.4) is 0 Å². The van der Waals surface area contributed by atoms with Crippen molar-refractivity contribution in [1.29, 1.82) is 0 Å². The van der Waals surface area contributed by atoms with Gasteiger partial charge in [0.05, 0.1) is 19.8 Å². The molecule has 0 fully saturated rings. The Morgan fingerprint density at radius 2 is 2.15 bits per heavy atom. The molecule has 6 heteroatoms. The van der Waals surface area contributed by atoms with Gasteiger partial charge in [0, 0.05) is 17.8 Å².